The maximum Gasteiger partial charge on any atom is 0.210 e. The Balaban J connectivity index is 0.00000107. The van der Waals surface area contributed by atoms with Gasteiger partial charge in [-0.2, -0.15) is 0 Å². The van der Waals surface area contributed by atoms with Crippen molar-refractivity contribution in [3.63, 3.8) is 0 Å². The first-order valence-electron chi connectivity index (χ1n) is 12.5. The van der Waals surface area contributed by atoms with E-state index >= 15 is 0 Å². The summed E-state index contributed by atoms with van der Waals surface area (Å²) in [5.41, 5.74) is 6.42. The van der Waals surface area contributed by atoms with E-state index in [1.165, 1.54) is 20.4 Å². The Labute approximate surface area is 205 Å². The molecule has 1 aliphatic heterocycles. The Bertz CT molecular complexity index is 789. The molecule has 1 aliphatic carbocycles. The average Bonchev–Trinajstić information content (AvgIpc) is 2.82. The summed E-state index contributed by atoms with van der Waals surface area (Å²) in [5.74, 6) is 2.57. The number of aldehydes is 1. The van der Waals surface area contributed by atoms with Crippen molar-refractivity contribution in [1.29, 1.82) is 0 Å². The van der Waals surface area contributed by atoms with Crippen molar-refractivity contribution >= 4 is 18.5 Å². The molecule has 1 atom stereocenters. The number of nitrogens with two attached hydrogens (primary N) is 1. The molecule has 2 aliphatic rings. The molecule has 0 bridgehead atoms. The molecule has 1 saturated carbocycles. The number of amides is 1. The van der Waals surface area contributed by atoms with Gasteiger partial charge in [0.2, 0.25) is 6.41 Å². The second-order valence-electron chi connectivity index (χ2n) is 9.13. The van der Waals surface area contributed by atoms with Crippen LogP contribution in [0.4, 0.5) is 0 Å². The van der Waals surface area contributed by atoms with Gasteiger partial charge in [-0.15, -0.1) is 0 Å². The van der Waals surface area contributed by atoms with E-state index in [-0.39, 0.29) is 17.4 Å². The van der Waals surface area contributed by atoms with Gasteiger partial charge >= 0.3 is 0 Å². The Hall–Kier alpha value is -2.41. The van der Waals surface area contributed by atoms with Crippen molar-refractivity contribution in [1.82, 2.24) is 4.90 Å². The molecule has 34 heavy (non-hydrogen) atoms. The minimum Gasteiger partial charge on any atom is -0.485 e. The maximum atomic E-state index is 11.9. The van der Waals surface area contributed by atoms with E-state index in [0.717, 1.165) is 60.5 Å². The summed E-state index contributed by atoms with van der Waals surface area (Å²) in [7, 11) is 1.50. The SMILES string of the molecule is CC=O.CCCC(=O)CCC(C)N(C=O)Cc1c(C)ccc2c1OCC1(CC(CC)C1)O2.CN. The molecule has 7 nitrogen and oxygen atoms in total. The number of carbonyl (C=O) groups excluding carboxylic acids is 3. The van der Waals surface area contributed by atoms with Gasteiger partial charge in [0.05, 0.1) is 0 Å². The highest BCUT2D eigenvalue weighted by molar-refractivity contribution is 5.78. The van der Waals surface area contributed by atoms with Crippen molar-refractivity contribution in [3.05, 3.63) is 23.3 Å². The molecule has 1 fully saturated rings. The van der Waals surface area contributed by atoms with Crippen molar-refractivity contribution < 1.29 is 23.9 Å². The summed E-state index contributed by atoms with van der Waals surface area (Å²) in [6.07, 6.45) is 7.62. The number of Topliss-reactive ketones (excluding diaryl/α,β-unsaturated/α-hetero) is 1. The number of carbonyl (C=O) groups is 3. The predicted molar refractivity (Wildman–Crippen MR) is 135 cm³/mol. The summed E-state index contributed by atoms with van der Waals surface area (Å²) < 4.78 is 12.6. The van der Waals surface area contributed by atoms with Gasteiger partial charge in [0.15, 0.2) is 11.5 Å². The minimum atomic E-state index is -0.169. The van der Waals surface area contributed by atoms with Crippen LogP contribution in [0.15, 0.2) is 12.1 Å². The third-order valence-corrected chi connectivity index (χ3v) is 6.58. The molecule has 0 aromatic heterocycles. The van der Waals surface area contributed by atoms with Crippen molar-refractivity contribution in [3.8, 4) is 11.5 Å². The summed E-state index contributed by atoms with van der Waals surface area (Å²) in [5, 5.41) is 0. The topological polar surface area (TPSA) is 98.9 Å². The number of rotatable bonds is 10. The zero-order chi connectivity index (χ0) is 25.7. The largest absolute Gasteiger partial charge is 0.485 e. The lowest BCUT2D eigenvalue weighted by molar-refractivity contribution is -0.123. The van der Waals surface area contributed by atoms with Gasteiger partial charge in [0, 0.05) is 31.0 Å². The minimum absolute atomic E-state index is 0.00337. The Morgan fingerprint density at radius 2 is 1.88 bits per heavy atom. The van der Waals surface area contributed by atoms with E-state index in [2.05, 4.69) is 12.7 Å². The van der Waals surface area contributed by atoms with Gasteiger partial charge in [0.1, 0.15) is 24.3 Å². The number of fused-ring (bicyclic) bond motifs is 1. The molecule has 2 N–H and O–H groups in total. The Morgan fingerprint density at radius 3 is 2.44 bits per heavy atom. The highest BCUT2D eigenvalue weighted by Gasteiger charge is 2.49. The second-order valence-corrected chi connectivity index (χ2v) is 9.13. The number of ether oxygens (including phenoxy) is 2. The summed E-state index contributed by atoms with van der Waals surface area (Å²) in [6, 6.07) is 4.04. The molecule has 1 heterocycles. The van der Waals surface area contributed by atoms with Gasteiger partial charge in [-0.25, -0.2) is 0 Å². The number of ketones is 1. The highest BCUT2D eigenvalue weighted by atomic mass is 16.6. The van der Waals surface area contributed by atoms with Crippen LogP contribution in [0.3, 0.4) is 0 Å². The van der Waals surface area contributed by atoms with E-state index in [1.807, 2.05) is 32.9 Å². The molecule has 3 rings (SSSR count). The van der Waals surface area contributed by atoms with Gasteiger partial charge in [-0.3, -0.25) is 9.59 Å². The first-order chi connectivity index (χ1) is 16.3. The third-order valence-electron chi connectivity index (χ3n) is 6.58. The molecule has 1 unspecified atom stereocenters. The van der Waals surface area contributed by atoms with Crippen LogP contribution in [0.5, 0.6) is 11.5 Å². The van der Waals surface area contributed by atoms with E-state index in [9.17, 15) is 9.59 Å². The maximum absolute atomic E-state index is 11.9. The van der Waals surface area contributed by atoms with E-state index in [0.29, 0.717) is 32.4 Å². The fraction of sp³-hybridized carbons (Fsp3) is 0.667. The Morgan fingerprint density at radius 1 is 1.24 bits per heavy atom. The standard InChI is InChI=1S/C24H35NO4.C2H4O.CH5N/c1-5-7-20(27)10-9-18(4)25(16-26)14-21-17(3)8-11-22-23(21)28-15-24(29-22)12-19(6-2)13-24;1-2-3;1-2/h8,11,16,18-19H,5-7,9-10,12-15H2,1-4H3;2H,1H3;2H2,1H3. The van der Waals surface area contributed by atoms with Crippen LogP contribution in [0.25, 0.3) is 0 Å². The first kappa shape index (κ1) is 29.6. The number of nitrogens with zero attached hydrogens (tertiary/aromatic N) is 1. The molecule has 1 amide bonds. The molecule has 7 heteroatoms. The van der Waals surface area contributed by atoms with Gasteiger partial charge in [0.25, 0.3) is 0 Å². The molecule has 0 radical (unpaired) electrons. The molecule has 192 valence electrons. The monoisotopic (exact) mass is 476 g/mol. The van der Waals surface area contributed by atoms with Crippen molar-refractivity contribution in [2.75, 3.05) is 13.7 Å². The fourth-order valence-corrected chi connectivity index (χ4v) is 4.51. The summed E-state index contributed by atoms with van der Waals surface area (Å²) >= 11 is 0. The lowest BCUT2D eigenvalue weighted by Gasteiger charge is -2.49. The predicted octanol–water partition coefficient (Wildman–Crippen LogP) is 4.60. The van der Waals surface area contributed by atoms with Gasteiger partial charge < -0.3 is 24.9 Å². The lowest BCUT2D eigenvalue weighted by atomic mass is 9.69. The zero-order valence-corrected chi connectivity index (χ0v) is 21.9. The van der Waals surface area contributed by atoms with Crippen LogP contribution < -0.4 is 15.2 Å². The fourth-order valence-electron chi connectivity index (χ4n) is 4.51. The lowest BCUT2D eigenvalue weighted by Crippen LogP contribution is -2.54. The molecule has 1 spiro atoms. The molecule has 0 saturated heterocycles. The first-order valence-corrected chi connectivity index (χ1v) is 12.5. The number of hydrogen-bond acceptors (Lipinski definition) is 6. The van der Waals surface area contributed by atoms with Crippen LogP contribution in [0.2, 0.25) is 0 Å². The zero-order valence-electron chi connectivity index (χ0n) is 21.9. The quantitative estimate of drug-likeness (QED) is 0.496. The van der Waals surface area contributed by atoms with E-state index in [4.69, 9.17) is 14.3 Å². The second kappa shape index (κ2) is 14.8. The summed E-state index contributed by atoms with van der Waals surface area (Å²) in [4.78, 5) is 34.2. The van der Waals surface area contributed by atoms with E-state index in [1.54, 1.807) is 4.90 Å². The van der Waals surface area contributed by atoms with Crippen molar-refractivity contribution in [2.45, 2.75) is 97.8 Å². The highest BCUT2D eigenvalue weighted by Crippen LogP contribution is 2.49. The van der Waals surface area contributed by atoms with Crippen LogP contribution in [0, 0.1) is 12.8 Å². The van der Waals surface area contributed by atoms with Crippen LogP contribution >= 0.6 is 0 Å². The van der Waals surface area contributed by atoms with Gasteiger partial charge in [-0.1, -0.05) is 26.3 Å². The smallest absolute Gasteiger partial charge is 0.210 e. The molecule has 1 aromatic carbocycles. The summed E-state index contributed by atoms with van der Waals surface area (Å²) in [6.45, 7) is 10.8. The number of aryl methyl sites for hydroxylation is 1. The molecular formula is C27H44N2O5. The number of hydrogen-bond donors (Lipinski definition) is 1. The van der Waals surface area contributed by atoms with Crippen LogP contribution in [0.1, 0.15) is 83.8 Å². The number of benzene rings is 1. The average molecular weight is 477 g/mol. The molecular weight excluding hydrogens is 432 g/mol. The van der Waals surface area contributed by atoms with E-state index < -0.39 is 0 Å². The third kappa shape index (κ3) is 7.83. The van der Waals surface area contributed by atoms with Crippen LogP contribution in [-0.4, -0.2) is 48.7 Å². The Kier molecular flexibility index (Phi) is 12.9. The van der Waals surface area contributed by atoms with Crippen LogP contribution in [-0.2, 0) is 20.9 Å². The van der Waals surface area contributed by atoms with Crippen molar-refractivity contribution in [2.24, 2.45) is 11.7 Å². The molecule has 1 aromatic rings. The normalized spacial score (nSPS) is 20.5. The van der Waals surface area contributed by atoms with Gasteiger partial charge in [-0.05, 0) is 71.0 Å².